The molecule has 164 valence electrons. The maximum atomic E-state index is 13.2. The summed E-state index contributed by atoms with van der Waals surface area (Å²) >= 11 is 1.20. The number of aromatic nitrogens is 2. The average Bonchev–Trinajstić information content (AvgIpc) is 2.79. The van der Waals surface area contributed by atoms with Gasteiger partial charge in [0.05, 0.1) is 44.0 Å². The average molecular weight is 443 g/mol. The molecule has 7 nitrogen and oxygen atoms in total. The van der Waals surface area contributed by atoms with E-state index in [1.807, 2.05) is 31.2 Å². The van der Waals surface area contributed by atoms with Crippen molar-refractivity contribution in [1.29, 1.82) is 0 Å². The number of esters is 1. The molecule has 0 spiro atoms. The molecule has 0 aliphatic carbocycles. The number of carbonyl (C=O) groups is 1. The first-order valence-corrected chi connectivity index (χ1v) is 11.0. The van der Waals surface area contributed by atoms with Crippen molar-refractivity contribution in [2.45, 2.75) is 31.5 Å². The summed E-state index contributed by atoms with van der Waals surface area (Å²) in [6.45, 7) is 2.72. The fourth-order valence-corrected chi connectivity index (χ4v) is 3.85. The molecule has 0 aliphatic rings. The van der Waals surface area contributed by atoms with Gasteiger partial charge in [0.1, 0.15) is 0 Å². The topological polar surface area (TPSA) is 79.7 Å². The van der Waals surface area contributed by atoms with Gasteiger partial charge >= 0.3 is 5.97 Å². The highest BCUT2D eigenvalue weighted by Gasteiger charge is 2.15. The highest BCUT2D eigenvalue weighted by atomic mass is 32.2. The minimum atomic E-state index is -0.321. The number of methoxy groups -OCH3 is 2. The number of ether oxygens (including phenoxy) is 3. The summed E-state index contributed by atoms with van der Waals surface area (Å²) in [5.41, 5.74) is 1.28. The number of benzene rings is 2. The summed E-state index contributed by atoms with van der Waals surface area (Å²) in [5, 5.41) is 0.990. The number of unbranched alkanes of at least 4 members (excludes halogenated alkanes) is 1. The molecule has 0 N–H and O–H groups in total. The molecule has 8 heteroatoms. The monoisotopic (exact) mass is 442 g/mol. The first-order chi connectivity index (χ1) is 15.1. The Morgan fingerprint density at radius 1 is 1.10 bits per heavy atom. The Morgan fingerprint density at radius 3 is 2.61 bits per heavy atom. The van der Waals surface area contributed by atoms with Gasteiger partial charge in [-0.05, 0) is 36.2 Å². The molecular formula is C23H26N2O5S. The Kier molecular flexibility index (Phi) is 7.94. The summed E-state index contributed by atoms with van der Waals surface area (Å²) in [6, 6.07) is 12.7. The van der Waals surface area contributed by atoms with Crippen LogP contribution in [0.25, 0.3) is 10.9 Å². The van der Waals surface area contributed by atoms with Gasteiger partial charge in [0, 0.05) is 0 Å². The summed E-state index contributed by atoms with van der Waals surface area (Å²) in [5.74, 6) is 0.953. The smallest absolute Gasteiger partial charge is 0.316 e. The Morgan fingerprint density at radius 2 is 1.87 bits per heavy atom. The van der Waals surface area contributed by atoms with Crippen LogP contribution in [0.3, 0.4) is 0 Å². The Labute approximate surface area is 185 Å². The number of para-hydroxylation sites is 1. The van der Waals surface area contributed by atoms with Crippen LogP contribution in [-0.4, -0.2) is 42.1 Å². The first kappa shape index (κ1) is 22.7. The van der Waals surface area contributed by atoms with Crippen LogP contribution in [0.5, 0.6) is 11.5 Å². The quantitative estimate of drug-likeness (QED) is 0.204. The van der Waals surface area contributed by atoms with E-state index >= 15 is 0 Å². The lowest BCUT2D eigenvalue weighted by molar-refractivity contribution is -0.140. The van der Waals surface area contributed by atoms with Gasteiger partial charge in [0.25, 0.3) is 5.56 Å². The zero-order valence-electron chi connectivity index (χ0n) is 17.9. The van der Waals surface area contributed by atoms with Gasteiger partial charge in [0.2, 0.25) is 0 Å². The largest absolute Gasteiger partial charge is 0.493 e. The zero-order valence-corrected chi connectivity index (χ0v) is 18.7. The number of hydrogen-bond donors (Lipinski definition) is 0. The fourth-order valence-electron chi connectivity index (χ4n) is 3.05. The number of thioether (sulfide) groups is 1. The van der Waals surface area contributed by atoms with Gasteiger partial charge in [-0.2, -0.15) is 0 Å². The van der Waals surface area contributed by atoms with Gasteiger partial charge in [0.15, 0.2) is 16.7 Å². The van der Waals surface area contributed by atoms with Crippen LogP contribution in [0, 0.1) is 0 Å². The normalized spacial score (nSPS) is 10.8. The van der Waals surface area contributed by atoms with Crippen LogP contribution in [0.2, 0.25) is 0 Å². The molecule has 0 fully saturated rings. The third kappa shape index (κ3) is 5.58. The van der Waals surface area contributed by atoms with Crippen molar-refractivity contribution in [2.75, 3.05) is 26.6 Å². The van der Waals surface area contributed by atoms with Crippen LogP contribution in [0.4, 0.5) is 0 Å². The second-order valence-corrected chi connectivity index (χ2v) is 7.80. The zero-order chi connectivity index (χ0) is 22.2. The molecule has 31 heavy (non-hydrogen) atoms. The van der Waals surface area contributed by atoms with Crippen molar-refractivity contribution in [1.82, 2.24) is 9.55 Å². The van der Waals surface area contributed by atoms with Crippen LogP contribution in [0.1, 0.15) is 25.3 Å². The predicted molar refractivity (Wildman–Crippen MR) is 121 cm³/mol. The van der Waals surface area contributed by atoms with Crippen LogP contribution >= 0.6 is 11.8 Å². The molecule has 0 aliphatic heterocycles. The molecule has 0 bridgehead atoms. The molecule has 0 radical (unpaired) electrons. The number of fused-ring (bicyclic) bond motifs is 1. The number of carbonyl (C=O) groups excluding carboxylic acids is 1. The van der Waals surface area contributed by atoms with Gasteiger partial charge < -0.3 is 14.2 Å². The standard InChI is InChI=1S/C23H26N2O5S/c1-4-5-12-30-21(26)15-31-23-24-18-9-7-6-8-17(18)22(27)25(23)14-16-10-11-19(28-2)20(13-16)29-3/h6-11,13H,4-5,12,14-15H2,1-3H3. The molecule has 0 atom stereocenters. The number of nitrogens with zero attached hydrogens (tertiary/aromatic N) is 2. The van der Waals surface area contributed by atoms with Gasteiger partial charge in [-0.3, -0.25) is 14.2 Å². The van der Waals surface area contributed by atoms with Crippen LogP contribution < -0.4 is 15.0 Å². The minimum Gasteiger partial charge on any atom is -0.493 e. The second-order valence-electron chi connectivity index (χ2n) is 6.85. The second kappa shape index (κ2) is 10.9. The van der Waals surface area contributed by atoms with E-state index in [0.717, 1.165) is 18.4 Å². The maximum absolute atomic E-state index is 13.2. The van der Waals surface area contributed by atoms with E-state index in [1.165, 1.54) is 11.8 Å². The molecule has 1 aromatic heterocycles. The van der Waals surface area contributed by atoms with E-state index in [4.69, 9.17) is 14.2 Å². The first-order valence-electron chi connectivity index (χ1n) is 10.1. The lowest BCUT2D eigenvalue weighted by Crippen LogP contribution is -2.24. The van der Waals surface area contributed by atoms with Crippen molar-refractivity contribution in [3.63, 3.8) is 0 Å². The highest BCUT2D eigenvalue weighted by Crippen LogP contribution is 2.28. The van der Waals surface area contributed by atoms with Gasteiger partial charge in [-0.1, -0.05) is 43.3 Å². The molecule has 0 saturated heterocycles. The summed E-state index contributed by atoms with van der Waals surface area (Å²) < 4.78 is 17.5. The predicted octanol–water partition coefficient (Wildman–Crippen LogP) is 3.90. The van der Waals surface area contributed by atoms with E-state index in [1.54, 1.807) is 37.0 Å². The van der Waals surface area contributed by atoms with Crippen LogP contribution in [0.15, 0.2) is 52.4 Å². The summed E-state index contributed by atoms with van der Waals surface area (Å²) in [6.07, 6.45) is 1.78. The molecule has 0 amide bonds. The van der Waals surface area contributed by atoms with Gasteiger partial charge in [-0.15, -0.1) is 0 Å². The van der Waals surface area contributed by atoms with E-state index in [-0.39, 0.29) is 23.8 Å². The highest BCUT2D eigenvalue weighted by molar-refractivity contribution is 7.99. The van der Waals surface area contributed by atoms with Crippen molar-refractivity contribution < 1.29 is 19.0 Å². The molecule has 1 heterocycles. The van der Waals surface area contributed by atoms with Crippen molar-refractivity contribution >= 4 is 28.6 Å². The lowest BCUT2D eigenvalue weighted by atomic mass is 10.2. The van der Waals surface area contributed by atoms with Crippen molar-refractivity contribution in [3.8, 4) is 11.5 Å². The maximum Gasteiger partial charge on any atom is 0.316 e. The van der Waals surface area contributed by atoms with E-state index in [2.05, 4.69) is 4.98 Å². The molecule has 0 saturated carbocycles. The summed E-state index contributed by atoms with van der Waals surface area (Å²) in [7, 11) is 3.14. The Bertz CT molecular complexity index is 1110. The Hall–Kier alpha value is -3.00. The SMILES string of the molecule is CCCCOC(=O)CSc1nc2ccccc2c(=O)n1Cc1ccc(OC)c(OC)c1. The minimum absolute atomic E-state index is 0.0838. The third-order valence-corrected chi connectivity index (χ3v) is 5.65. The molecule has 3 aromatic rings. The lowest BCUT2D eigenvalue weighted by Gasteiger charge is -2.14. The van der Waals surface area contributed by atoms with E-state index in [9.17, 15) is 9.59 Å². The molecule has 3 rings (SSSR count). The number of rotatable bonds is 10. The van der Waals surface area contributed by atoms with Crippen molar-refractivity contribution in [3.05, 3.63) is 58.4 Å². The van der Waals surface area contributed by atoms with E-state index in [0.29, 0.717) is 34.2 Å². The Balaban J connectivity index is 1.93. The van der Waals surface area contributed by atoms with Crippen molar-refractivity contribution in [2.24, 2.45) is 0 Å². The molecule has 2 aromatic carbocycles. The summed E-state index contributed by atoms with van der Waals surface area (Å²) in [4.78, 5) is 29.9. The van der Waals surface area contributed by atoms with E-state index < -0.39 is 0 Å². The number of hydrogen-bond acceptors (Lipinski definition) is 7. The third-order valence-electron chi connectivity index (χ3n) is 4.70. The van der Waals surface area contributed by atoms with Gasteiger partial charge in [-0.25, -0.2) is 4.98 Å². The molecular weight excluding hydrogens is 416 g/mol. The van der Waals surface area contributed by atoms with Crippen LogP contribution in [-0.2, 0) is 16.1 Å². The fraction of sp³-hybridized carbons (Fsp3) is 0.348. The molecule has 0 unspecified atom stereocenters.